The number of amides is 1. The number of carbonyl (C=O) groups is 1. The van der Waals surface area contributed by atoms with Crippen LogP contribution in [0.2, 0.25) is 0 Å². The number of ether oxygens (including phenoxy) is 1. The highest BCUT2D eigenvalue weighted by Crippen LogP contribution is 2.15. The molecule has 3 aromatic rings. The minimum atomic E-state index is -0.321. The lowest BCUT2D eigenvalue weighted by Gasteiger charge is -2.18. The van der Waals surface area contributed by atoms with Gasteiger partial charge in [0, 0.05) is 13.1 Å². The second-order valence-corrected chi connectivity index (χ2v) is 6.97. The maximum atomic E-state index is 12.9. The number of hydrogen-bond donors (Lipinski definition) is 1. The Bertz CT molecular complexity index is 932. The number of rotatable bonds is 10. The van der Waals surface area contributed by atoms with E-state index in [-0.39, 0.29) is 24.1 Å². The summed E-state index contributed by atoms with van der Waals surface area (Å²) in [5, 5.41) is 2.87. The van der Waals surface area contributed by atoms with Crippen LogP contribution in [0, 0.1) is 5.82 Å². The Balaban J connectivity index is 1.47. The standard InChI is InChI=1S/C24H27FN2O3/c1-3-27(4-2)16-19-7-5-18(6-8-19)15-26-24(28)23-14-13-22(30-23)17-29-21-11-9-20(25)10-12-21/h5-14H,3-4,15-17H2,1-2H3,(H,26,28). The Morgan fingerprint density at radius 2 is 1.63 bits per heavy atom. The Labute approximate surface area is 176 Å². The summed E-state index contributed by atoms with van der Waals surface area (Å²) >= 11 is 0. The lowest BCUT2D eigenvalue weighted by molar-refractivity contribution is 0.0919. The van der Waals surface area contributed by atoms with Gasteiger partial charge in [0.1, 0.15) is 23.9 Å². The first-order valence-corrected chi connectivity index (χ1v) is 10.1. The van der Waals surface area contributed by atoms with Gasteiger partial charge in [-0.15, -0.1) is 0 Å². The molecular formula is C24H27FN2O3. The van der Waals surface area contributed by atoms with Crippen molar-refractivity contribution in [1.82, 2.24) is 10.2 Å². The normalized spacial score (nSPS) is 10.9. The monoisotopic (exact) mass is 410 g/mol. The maximum absolute atomic E-state index is 12.9. The van der Waals surface area contributed by atoms with Crippen LogP contribution >= 0.6 is 0 Å². The molecule has 30 heavy (non-hydrogen) atoms. The quantitative estimate of drug-likeness (QED) is 0.523. The Morgan fingerprint density at radius 3 is 2.30 bits per heavy atom. The molecule has 0 spiro atoms. The summed E-state index contributed by atoms with van der Waals surface area (Å²) in [6, 6.07) is 17.3. The molecule has 0 saturated heterocycles. The van der Waals surface area contributed by atoms with Crippen molar-refractivity contribution in [2.75, 3.05) is 13.1 Å². The van der Waals surface area contributed by atoms with E-state index >= 15 is 0 Å². The first-order chi connectivity index (χ1) is 14.6. The highest BCUT2D eigenvalue weighted by atomic mass is 19.1. The molecule has 0 unspecified atom stereocenters. The van der Waals surface area contributed by atoms with E-state index in [1.54, 1.807) is 24.3 Å². The van der Waals surface area contributed by atoms with E-state index in [9.17, 15) is 9.18 Å². The van der Waals surface area contributed by atoms with Crippen molar-refractivity contribution in [1.29, 1.82) is 0 Å². The predicted octanol–water partition coefficient (Wildman–Crippen LogP) is 4.77. The SMILES string of the molecule is CCN(CC)Cc1ccc(CNC(=O)c2ccc(COc3ccc(F)cc3)o2)cc1. The molecule has 5 nitrogen and oxygen atoms in total. The average molecular weight is 410 g/mol. The number of benzene rings is 2. The summed E-state index contributed by atoms with van der Waals surface area (Å²) in [5.74, 6) is 0.674. The minimum absolute atomic E-state index is 0.160. The van der Waals surface area contributed by atoms with Crippen molar-refractivity contribution in [3.63, 3.8) is 0 Å². The molecule has 3 rings (SSSR count). The first kappa shape index (κ1) is 21.6. The van der Waals surface area contributed by atoms with Gasteiger partial charge in [-0.3, -0.25) is 9.69 Å². The zero-order valence-electron chi connectivity index (χ0n) is 17.4. The molecule has 0 bridgehead atoms. The molecule has 0 aliphatic carbocycles. The summed E-state index contributed by atoms with van der Waals surface area (Å²) in [4.78, 5) is 14.7. The lowest BCUT2D eigenvalue weighted by Crippen LogP contribution is -2.23. The molecule has 0 radical (unpaired) electrons. The van der Waals surface area contributed by atoms with Crippen molar-refractivity contribution in [2.24, 2.45) is 0 Å². The Kier molecular flexibility index (Phi) is 7.63. The highest BCUT2D eigenvalue weighted by Gasteiger charge is 2.11. The fourth-order valence-electron chi connectivity index (χ4n) is 3.00. The third-order valence-corrected chi connectivity index (χ3v) is 4.86. The topological polar surface area (TPSA) is 54.7 Å². The van der Waals surface area contributed by atoms with Crippen molar-refractivity contribution in [3.05, 3.63) is 89.1 Å². The van der Waals surface area contributed by atoms with Gasteiger partial charge in [0.15, 0.2) is 5.76 Å². The number of nitrogens with one attached hydrogen (secondary N) is 1. The first-order valence-electron chi connectivity index (χ1n) is 10.1. The number of furan rings is 1. The number of nitrogens with zero attached hydrogens (tertiary/aromatic N) is 1. The van der Waals surface area contributed by atoms with E-state index in [0.717, 1.165) is 25.2 Å². The summed E-state index contributed by atoms with van der Waals surface area (Å²) < 4.78 is 24.0. The number of halogens is 1. The van der Waals surface area contributed by atoms with Gasteiger partial charge in [-0.25, -0.2) is 4.39 Å². The third kappa shape index (κ3) is 6.19. The fraction of sp³-hybridized carbons (Fsp3) is 0.292. The zero-order valence-corrected chi connectivity index (χ0v) is 17.4. The van der Waals surface area contributed by atoms with Crippen LogP contribution in [0.5, 0.6) is 5.75 Å². The van der Waals surface area contributed by atoms with Crippen molar-refractivity contribution >= 4 is 5.91 Å². The van der Waals surface area contributed by atoms with Crippen LogP contribution in [-0.2, 0) is 19.7 Å². The molecule has 0 aliphatic heterocycles. The molecule has 0 fully saturated rings. The van der Waals surface area contributed by atoms with Gasteiger partial charge >= 0.3 is 0 Å². The molecular weight excluding hydrogens is 383 g/mol. The van der Waals surface area contributed by atoms with E-state index in [0.29, 0.717) is 18.1 Å². The van der Waals surface area contributed by atoms with Gasteiger partial charge in [-0.1, -0.05) is 38.1 Å². The zero-order chi connectivity index (χ0) is 21.3. The van der Waals surface area contributed by atoms with Gasteiger partial charge in [0.2, 0.25) is 0 Å². The van der Waals surface area contributed by atoms with Gasteiger partial charge in [-0.05, 0) is 60.6 Å². The van der Waals surface area contributed by atoms with Gasteiger partial charge in [0.05, 0.1) is 0 Å². The van der Waals surface area contributed by atoms with Crippen LogP contribution in [0.25, 0.3) is 0 Å². The molecule has 6 heteroatoms. The van der Waals surface area contributed by atoms with Gasteiger partial charge < -0.3 is 14.5 Å². The van der Waals surface area contributed by atoms with Crippen LogP contribution in [0.3, 0.4) is 0 Å². The molecule has 0 aliphatic rings. The van der Waals surface area contributed by atoms with Gasteiger partial charge in [0.25, 0.3) is 5.91 Å². The molecule has 0 saturated carbocycles. The van der Waals surface area contributed by atoms with Crippen molar-refractivity contribution < 1.29 is 18.3 Å². The second kappa shape index (κ2) is 10.6. The number of hydrogen-bond acceptors (Lipinski definition) is 4. The fourth-order valence-corrected chi connectivity index (χ4v) is 3.00. The molecule has 1 heterocycles. The predicted molar refractivity (Wildman–Crippen MR) is 114 cm³/mol. The smallest absolute Gasteiger partial charge is 0.287 e. The van der Waals surface area contributed by atoms with E-state index < -0.39 is 0 Å². The summed E-state index contributed by atoms with van der Waals surface area (Å²) in [6.45, 7) is 7.86. The summed E-state index contributed by atoms with van der Waals surface area (Å²) in [7, 11) is 0. The van der Waals surface area contributed by atoms with Gasteiger partial charge in [-0.2, -0.15) is 0 Å². The largest absolute Gasteiger partial charge is 0.486 e. The molecule has 1 aromatic heterocycles. The molecule has 158 valence electrons. The average Bonchev–Trinajstić information content (AvgIpc) is 3.25. The van der Waals surface area contributed by atoms with Crippen LogP contribution in [0.1, 0.15) is 41.3 Å². The van der Waals surface area contributed by atoms with Crippen LogP contribution in [0.4, 0.5) is 4.39 Å². The minimum Gasteiger partial charge on any atom is -0.486 e. The third-order valence-electron chi connectivity index (χ3n) is 4.86. The summed E-state index contributed by atoms with van der Waals surface area (Å²) in [5.41, 5.74) is 2.28. The van der Waals surface area contributed by atoms with E-state index in [2.05, 4.69) is 36.2 Å². The maximum Gasteiger partial charge on any atom is 0.287 e. The second-order valence-electron chi connectivity index (χ2n) is 6.97. The Hall–Kier alpha value is -3.12. The van der Waals surface area contributed by atoms with E-state index in [1.165, 1.54) is 17.7 Å². The van der Waals surface area contributed by atoms with Crippen LogP contribution in [-0.4, -0.2) is 23.9 Å². The van der Waals surface area contributed by atoms with Crippen LogP contribution < -0.4 is 10.1 Å². The highest BCUT2D eigenvalue weighted by molar-refractivity contribution is 5.91. The van der Waals surface area contributed by atoms with Crippen molar-refractivity contribution in [2.45, 2.75) is 33.5 Å². The van der Waals surface area contributed by atoms with E-state index in [1.807, 2.05) is 12.1 Å². The van der Waals surface area contributed by atoms with E-state index in [4.69, 9.17) is 9.15 Å². The number of carbonyl (C=O) groups excluding carboxylic acids is 1. The Morgan fingerprint density at radius 1 is 0.967 bits per heavy atom. The molecule has 1 amide bonds. The molecule has 0 atom stereocenters. The molecule has 2 aromatic carbocycles. The van der Waals surface area contributed by atoms with Crippen molar-refractivity contribution in [3.8, 4) is 5.75 Å². The lowest BCUT2D eigenvalue weighted by atomic mass is 10.1. The molecule has 1 N–H and O–H groups in total. The van der Waals surface area contributed by atoms with Crippen LogP contribution in [0.15, 0.2) is 65.1 Å². The summed E-state index contributed by atoms with van der Waals surface area (Å²) in [6.07, 6.45) is 0.